The highest BCUT2D eigenvalue weighted by Gasteiger charge is 2.14. The van der Waals surface area contributed by atoms with E-state index in [1.165, 1.54) is 13.2 Å². The molecule has 1 rings (SSSR count). The van der Waals surface area contributed by atoms with Crippen molar-refractivity contribution in [3.8, 4) is 0 Å². The third kappa shape index (κ3) is 3.22. The number of carbonyl (C=O) groups excluding carboxylic acids is 2. The van der Waals surface area contributed by atoms with Crippen molar-refractivity contribution < 1.29 is 14.3 Å². The molecule has 1 aromatic rings. The molecule has 1 aromatic carbocycles. The van der Waals surface area contributed by atoms with Gasteiger partial charge in [-0.25, -0.2) is 4.79 Å². The minimum absolute atomic E-state index is 0.0779. The van der Waals surface area contributed by atoms with Crippen LogP contribution in [0, 0.1) is 0 Å². The molecule has 5 heteroatoms. The number of esters is 1. The van der Waals surface area contributed by atoms with Crippen molar-refractivity contribution in [2.45, 2.75) is 6.42 Å². The Morgan fingerprint density at radius 1 is 1.38 bits per heavy atom. The third-order valence-corrected chi connectivity index (χ3v) is 2.54. The van der Waals surface area contributed by atoms with E-state index in [0.29, 0.717) is 16.1 Å². The van der Waals surface area contributed by atoms with Crippen LogP contribution in [-0.2, 0) is 16.0 Å². The van der Waals surface area contributed by atoms with E-state index in [2.05, 4.69) is 4.74 Å². The van der Waals surface area contributed by atoms with Gasteiger partial charge in [-0.2, -0.15) is 0 Å². The van der Waals surface area contributed by atoms with Crippen LogP contribution in [0.25, 0.3) is 0 Å². The summed E-state index contributed by atoms with van der Waals surface area (Å²) >= 11 is 11.2. The summed E-state index contributed by atoms with van der Waals surface area (Å²) in [7, 11) is 1.28. The molecule has 86 valence electrons. The monoisotopic (exact) mass is 260 g/mol. The lowest BCUT2D eigenvalue weighted by atomic mass is 10.0. The van der Waals surface area contributed by atoms with Gasteiger partial charge in [0, 0.05) is 11.4 Å². The average Bonchev–Trinajstić information content (AvgIpc) is 2.28. The molecule has 0 saturated carbocycles. The van der Waals surface area contributed by atoms with Crippen LogP contribution in [0.2, 0.25) is 5.02 Å². The van der Waals surface area contributed by atoms with Gasteiger partial charge in [0.15, 0.2) is 5.78 Å². The van der Waals surface area contributed by atoms with Gasteiger partial charge in [-0.1, -0.05) is 11.6 Å². The summed E-state index contributed by atoms with van der Waals surface area (Å²) in [5, 5.41) is 0.463. The molecule has 0 heterocycles. The number of halogens is 2. The molecule has 0 aliphatic carbocycles. The van der Waals surface area contributed by atoms with E-state index in [1.807, 2.05) is 0 Å². The van der Waals surface area contributed by atoms with Gasteiger partial charge in [0.2, 0.25) is 0 Å². The van der Waals surface area contributed by atoms with Gasteiger partial charge in [0.25, 0.3) is 0 Å². The largest absolute Gasteiger partial charge is 0.465 e. The molecule has 0 aromatic heterocycles. The number of methoxy groups -OCH3 is 1. The van der Waals surface area contributed by atoms with Crippen molar-refractivity contribution in [2.75, 3.05) is 13.0 Å². The first-order valence-electron chi connectivity index (χ1n) is 4.53. The predicted octanol–water partition coefficient (Wildman–Crippen LogP) is 2.48. The molecular weight excluding hydrogens is 251 g/mol. The normalized spacial score (nSPS) is 9.94. The predicted molar refractivity (Wildman–Crippen MR) is 62.2 cm³/mol. The van der Waals surface area contributed by atoms with E-state index in [-0.39, 0.29) is 18.1 Å². The lowest BCUT2D eigenvalue weighted by Gasteiger charge is -2.07. The van der Waals surface area contributed by atoms with Crippen LogP contribution in [-0.4, -0.2) is 24.7 Å². The summed E-state index contributed by atoms with van der Waals surface area (Å²) in [6, 6.07) is 4.67. The van der Waals surface area contributed by atoms with Crippen molar-refractivity contribution in [2.24, 2.45) is 0 Å². The van der Waals surface area contributed by atoms with Gasteiger partial charge in [0.1, 0.15) is 0 Å². The van der Waals surface area contributed by atoms with Crippen LogP contribution < -0.4 is 0 Å². The molecule has 0 fully saturated rings. The molecule has 0 saturated heterocycles. The average molecular weight is 261 g/mol. The third-order valence-electron chi connectivity index (χ3n) is 2.01. The molecule has 0 spiro atoms. The van der Waals surface area contributed by atoms with Crippen molar-refractivity contribution >= 4 is 35.0 Å². The highest BCUT2D eigenvalue weighted by Crippen LogP contribution is 2.18. The lowest BCUT2D eigenvalue weighted by molar-refractivity contribution is -0.116. The first-order chi connectivity index (χ1) is 7.58. The minimum Gasteiger partial charge on any atom is -0.465 e. The van der Waals surface area contributed by atoms with Gasteiger partial charge in [-0.15, -0.1) is 11.6 Å². The number of carbonyl (C=O) groups is 2. The Bertz CT molecular complexity index is 416. The fourth-order valence-corrected chi connectivity index (χ4v) is 1.57. The SMILES string of the molecule is COC(=O)c1ccc(Cl)cc1CC(=O)CCl. The van der Waals surface area contributed by atoms with Gasteiger partial charge >= 0.3 is 5.97 Å². The first-order valence-corrected chi connectivity index (χ1v) is 5.44. The standard InChI is InChI=1S/C11H10Cl2O3/c1-16-11(15)10-3-2-8(13)4-7(10)5-9(14)6-12/h2-4H,5-6H2,1H3. The number of Topliss-reactive ketones (excluding diaryl/α,β-unsaturated/α-hetero) is 1. The Morgan fingerprint density at radius 2 is 2.06 bits per heavy atom. The zero-order valence-electron chi connectivity index (χ0n) is 8.63. The fraction of sp³-hybridized carbons (Fsp3) is 0.273. The molecule has 0 amide bonds. The Labute approximate surface area is 103 Å². The zero-order chi connectivity index (χ0) is 12.1. The number of alkyl halides is 1. The van der Waals surface area contributed by atoms with Gasteiger partial charge < -0.3 is 4.74 Å². The van der Waals surface area contributed by atoms with Crippen LogP contribution in [0.5, 0.6) is 0 Å². The molecule has 0 bridgehead atoms. The summed E-state index contributed by atoms with van der Waals surface area (Å²) in [6.45, 7) is 0. The van der Waals surface area contributed by atoms with E-state index >= 15 is 0 Å². The number of benzene rings is 1. The smallest absolute Gasteiger partial charge is 0.338 e. The number of hydrogen-bond donors (Lipinski definition) is 0. The van der Waals surface area contributed by atoms with Crippen molar-refractivity contribution in [1.29, 1.82) is 0 Å². The maximum absolute atomic E-state index is 11.4. The summed E-state index contributed by atoms with van der Waals surface area (Å²) in [4.78, 5) is 22.6. The molecule has 3 nitrogen and oxygen atoms in total. The Hall–Kier alpha value is -1.06. The topological polar surface area (TPSA) is 43.4 Å². The number of ether oxygens (including phenoxy) is 1. The number of hydrogen-bond acceptors (Lipinski definition) is 3. The number of rotatable bonds is 4. The second-order valence-corrected chi connectivity index (χ2v) is 3.85. The molecule has 0 atom stereocenters. The summed E-state index contributed by atoms with van der Waals surface area (Å²) < 4.78 is 4.61. The van der Waals surface area contributed by atoms with Crippen LogP contribution in [0.3, 0.4) is 0 Å². The quantitative estimate of drug-likeness (QED) is 0.617. The van der Waals surface area contributed by atoms with Crippen LogP contribution >= 0.6 is 23.2 Å². The van der Waals surface area contributed by atoms with Gasteiger partial charge in [-0.05, 0) is 23.8 Å². The second kappa shape index (κ2) is 5.87. The van der Waals surface area contributed by atoms with Crippen LogP contribution in [0.4, 0.5) is 0 Å². The Balaban J connectivity index is 3.08. The second-order valence-electron chi connectivity index (χ2n) is 3.14. The fourth-order valence-electron chi connectivity index (χ4n) is 1.28. The van der Waals surface area contributed by atoms with E-state index in [1.54, 1.807) is 12.1 Å². The minimum atomic E-state index is -0.492. The highest BCUT2D eigenvalue weighted by molar-refractivity contribution is 6.31. The van der Waals surface area contributed by atoms with E-state index < -0.39 is 5.97 Å². The first kappa shape index (κ1) is 13.0. The Morgan fingerprint density at radius 3 is 2.62 bits per heavy atom. The molecule has 0 N–H and O–H groups in total. The van der Waals surface area contributed by atoms with Gasteiger partial charge in [-0.3, -0.25) is 4.79 Å². The maximum atomic E-state index is 11.4. The van der Waals surface area contributed by atoms with Crippen molar-refractivity contribution in [3.05, 3.63) is 34.3 Å². The van der Waals surface area contributed by atoms with Crippen LogP contribution in [0.15, 0.2) is 18.2 Å². The summed E-state index contributed by atoms with van der Waals surface area (Å²) in [5.74, 6) is -0.754. The van der Waals surface area contributed by atoms with E-state index in [4.69, 9.17) is 23.2 Å². The number of ketones is 1. The van der Waals surface area contributed by atoms with Crippen molar-refractivity contribution in [1.82, 2.24) is 0 Å². The molecular formula is C11H10Cl2O3. The molecule has 0 unspecified atom stereocenters. The Kier molecular flexibility index (Phi) is 4.77. The molecule has 0 aliphatic rings. The molecule has 0 radical (unpaired) electrons. The van der Waals surface area contributed by atoms with E-state index in [0.717, 1.165) is 0 Å². The summed E-state index contributed by atoms with van der Waals surface area (Å²) in [5.41, 5.74) is 0.871. The highest BCUT2D eigenvalue weighted by atomic mass is 35.5. The summed E-state index contributed by atoms with van der Waals surface area (Å²) in [6.07, 6.45) is 0.0779. The van der Waals surface area contributed by atoms with Crippen LogP contribution in [0.1, 0.15) is 15.9 Å². The maximum Gasteiger partial charge on any atom is 0.338 e. The molecule has 16 heavy (non-hydrogen) atoms. The molecule has 0 aliphatic heterocycles. The van der Waals surface area contributed by atoms with Gasteiger partial charge in [0.05, 0.1) is 18.6 Å². The van der Waals surface area contributed by atoms with Crippen molar-refractivity contribution in [3.63, 3.8) is 0 Å². The zero-order valence-corrected chi connectivity index (χ0v) is 10.1. The van der Waals surface area contributed by atoms with E-state index in [9.17, 15) is 9.59 Å². The lowest BCUT2D eigenvalue weighted by Crippen LogP contribution is -2.10.